The molecular formula is C15H29NO5. The number of nitrogens with one attached hydrogen (secondary N) is 1. The van der Waals surface area contributed by atoms with E-state index in [1.807, 2.05) is 20.8 Å². The fourth-order valence-electron chi connectivity index (χ4n) is 1.24. The number of hydrogen-bond acceptors (Lipinski definition) is 5. The van der Waals surface area contributed by atoms with Crippen LogP contribution in [-0.2, 0) is 19.0 Å². The average Bonchev–Trinajstić information content (AvgIpc) is 2.22. The molecule has 0 heterocycles. The number of carbonyl (C=O) groups excluding carboxylic acids is 2. The zero-order valence-electron chi connectivity index (χ0n) is 14.4. The molecule has 6 nitrogen and oxygen atoms in total. The number of rotatable bonds is 5. The average molecular weight is 303 g/mol. The van der Waals surface area contributed by atoms with Gasteiger partial charge in [-0.2, -0.15) is 0 Å². The first-order chi connectivity index (χ1) is 9.30. The van der Waals surface area contributed by atoms with Crippen molar-refractivity contribution in [3.63, 3.8) is 0 Å². The van der Waals surface area contributed by atoms with Crippen LogP contribution < -0.4 is 5.32 Å². The molecule has 0 aromatic rings. The minimum absolute atomic E-state index is 0.291. The summed E-state index contributed by atoms with van der Waals surface area (Å²) in [6.45, 7) is 14.6. The van der Waals surface area contributed by atoms with Gasteiger partial charge in [-0.05, 0) is 55.4 Å². The summed E-state index contributed by atoms with van der Waals surface area (Å²) in [6, 6.07) is -0.781. The molecule has 0 saturated carbocycles. The van der Waals surface area contributed by atoms with E-state index in [0.29, 0.717) is 6.61 Å². The van der Waals surface area contributed by atoms with Crippen molar-refractivity contribution in [1.29, 1.82) is 0 Å². The number of carbonyl (C=O) groups is 2. The molecule has 0 fully saturated rings. The van der Waals surface area contributed by atoms with Crippen molar-refractivity contribution in [3.05, 3.63) is 0 Å². The number of ether oxygens (including phenoxy) is 3. The Bertz CT molecular complexity index is 354. The summed E-state index contributed by atoms with van der Waals surface area (Å²) >= 11 is 0. The number of amides is 1. The van der Waals surface area contributed by atoms with Crippen LogP contribution in [0.25, 0.3) is 0 Å². The van der Waals surface area contributed by atoms with Crippen molar-refractivity contribution >= 4 is 12.1 Å². The smallest absolute Gasteiger partial charge is 0.408 e. The maximum absolute atomic E-state index is 11.8. The van der Waals surface area contributed by atoms with E-state index < -0.39 is 23.7 Å². The second-order valence-corrected chi connectivity index (χ2v) is 7.04. The summed E-state index contributed by atoms with van der Waals surface area (Å²) in [5, 5.41) is 2.44. The van der Waals surface area contributed by atoms with E-state index in [2.05, 4.69) is 5.32 Å². The second kappa shape index (κ2) is 7.64. The molecule has 0 aliphatic rings. The zero-order chi connectivity index (χ0) is 16.8. The molecule has 0 aromatic heterocycles. The summed E-state index contributed by atoms with van der Waals surface area (Å²) in [6.07, 6.45) is -1.04. The minimum atomic E-state index is -0.781. The van der Waals surface area contributed by atoms with Gasteiger partial charge in [0.15, 0.2) is 0 Å². The van der Waals surface area contributed by atoms with E-state index >= 15 is 0 Å². The lowest BCUT2D eigenvalue weighted by atomic mass is 10.2. The maximum atomic E-state index is 11.8. The number of esters is 1. The monoisotopic (exact) mass is 303 g/mol. The number of hydrogen-bond donors (Lipinski definition) is 1. The molecule has 0 rings (SSSR count). The lowest BCUT2D eigenvalue weighted by Gasteiger charge is -2.24. The molecule has 0 saturated heterocycles. The highest BCUT2D eigenvalue weighted by Crippen LogP contribution is 2.09. The second-order valence-electron chi connectivity index (χ2n) is 7.04. The highest BCUT2D eigenvalue weighted by molar-refractivity contribution is 5.81. The molecular weight excluding hydrogens is 274 g/mol. The van der Waals surface area contributed by atoms with Gasteiger partial charge >= 0.3 is 12.1 Å². The Hall–Kier alpha value is -1.30. The normalized spacial score (nSPS) is 15.0. The molecule has 0 radical (unpaired) electrons. The van der Waals surface area contributed by atoms with Crippen LogP contribution in [0.1, 0.15) is 55.4 Å². The minimum Gasteiger partial charge on any atom is -0.459 e. The van der Waals surface area contributed by atoms with Crippen LogP contribution in [0.4, 0.5) is 4.79 Å². The van der Waals surface area contributed by atoms with Gasteiger partial charge in [-0.1, -0.05) is 0 Å². The summed E-state index contributed by atoms with van der Waals surface area (Å²) < 4.78 is 15.8. The van der Waals surface area contributed by atoms with Crippen LogP contribution in [0, 0.1) is 0 Å². The summed E-state index contributed by atoms with van der Waals surface area (Å²) in [4.78, 5) is 23.4. The SMILES string of the molecule is C[C@H](NC(=O)OC(C)(C)C)C(=O)O[C@@H](C)COC(C)(C)C. The molecule has 21 heavy (non-hydrogen) atoms. The van der Waals surface area contributed by atoms with Crippen molar-refractivity contribution in [2.45, 2.75) is 78.7 Å². The molecule has 0 aliphatic carbocycles. The van der Waals surface area contributed by atoms with Crippen molar-refractivity contribution in [1.82, 2.24) is 5.32 Å². The molecule has 0 aromatic carbocycles. The van der Waals surface area contributed by atoms with Crippen LogP contribution in [-0.4, -0.2) is 42.0 Å². The van der Waals surface area contributed by atoms with Crippen LogP contribution in [0.5, 0.6) is 0 Å². The Balaban J connectivity index is 4.18. The van der Waals surface area contributed by atoms with Gasteiger partial charge in [-0.3, -0.25) is 0 Å². The Kier molecular flexibility index (Phi) is 7.16. The van der Waals surface area contributed by atoms with Gasteiger partial charge in [0.1, 0.15) is 17.7 Å². The quantitative estimate of drug-likeness (QED) is 0.790. The summed E-state index contributed by atoms with van der Waals surface area (Å²) in [5.41, 5.74) is -0.900. The van der Waals surface area contributed by atoms with Crippen molar-refractivity contribution < 1.29 is 23.8 Å². The largest absolute Gasteiger partial charge is 0.459 e. The third kappa shape index (κ3) is 11.1. The van der Waals surface area contributed by atoms with Gasteiger partial charge in [-0.15, -0.1) is 0 Å². The highest BCUT2D eigenvalue weighted by atomic mass is 16.6. The first-order valence-corrected chi connectivity index (χ1v) is 7.14. The van der Waals surface area contributed by atoms with Crippen molar-refractivity contribution in [2.24, 2.45) is 0 Å². The molecule has 6 heteroatoms. The van der Waals surface area contributed by atoms with Gasteiger partial charge in [0.25, 0.3) is 0 Å². The zero-order valence-corrected chi connectivity index (χ0v) is 14.4. The van der Waals surface area contributed by atoms with Crippen LogP contribution >= 0.6 is 0 Å². The maximum Gasteiger partial charge on any atom is 0.408 e. The van der Waals surface area contributed by atoms with E-state index in [0.717, 1.165) is 0 Å². The fourth-order valence-corrected chi connectivity index (χ4v) is 1.24. The lowest BCUT2D eigenvalue weighted by Crippen LogP contribution is -2.43. The van der Waals surface area contributed by atoms with E-state index in [-0.39, 0.29) is 11.7 Å². The Morgan fingerprint density at radius 3 is 1.95 bits per heavy atom. The van der Waals surface area contributed by atoms with E-state index in [1.54, 1.807) is 34.6 Å². The summed E-state index contributed by atoms with van der Waals surface area (Å²) in [5.74, 6) is -0.522. The first-order valence-electron chi connectivity index (χ1n) is 7.14. The van der Waals surface area contributed by atoms with E-state index in [9.17, 15) is 9.59 Å². The number of alkyl carbamates (subject to hydrolysis) is 1. The predicted molar refractivity (Wildman–Crippen MR) is 80.1 cm³/mol. The molecule has 0 aliphatic heterocycles. The van der Waals surface area contributed by atoms with E-state index in [4.69, 9.17) is 14.2 Å². The Morgan fingerprint density at radius 1 is 1.00 bits per heavy atom. The molecule has 0 spiro atoms. The Morgan fingerprint density at radius 2 is 1.52 bits per heavy atom. The molecule has 1 amide bonds. The van der Waals surface area contributed by atoms with Gasteiger partial charge < -0.3 is 19.5 Å². The van der Waals surface area contributed by atoms with E-state index in [1.165, 1.54) is 0 Å². The van der Waals surface area contributed by atoms with Crippen molar-refractivity contribution in [2.75, 3.05) is 6.61 Å². The predicted octanol–water partition coefficient (Wildman–Crippen LogP) is 2.65. The molecule has 2 atom stereocenters. The van der Waals surface area contributed by atoms with Gasteiger partial charge in [0, 0.05) is 0 Å². The molecule has 124 valence electrons. The Labute approximate surface area is 127 Å². The third-order valence-electron chi connectivity index (χ3n) is 2.16. The molecule has 0 bridgehead atoms. The van der Waals surface area contributed by atoms with Gasteiger partial charge in [0.05, 0.1) is 12.2 Å². The van der Waals surface area contributed by atoms with Crippen LogP contribution in [0.15, 0.2) is 0 Å². The topological polar surface area (TPSA) is 73.9 Å². The lowest BCUT2D eigenvalue weighted by molar-refractivity contribution is -0.155. The van der Waals surface area contributed by atoms with Crippen molar-refractivity contribution in [3.8, 4) is 0 Å². The fraction of sp³-hybridized carbons (Fsp3) is 0.867. The first kappa shape index (κ1) is 19.7. The van der Waals surface area contributed by atoms with Crippen LogP contribution in [0.2, 0.25) is 0 Å². The van der Waals surface area contributed by atoms with Gasteiger partial charge in [0.2, 0.25) is 0 Å². The molecule has 1 N–H and O–H groups in total. The molecule has 0 unspecified atom stereocenters. The third-order valence-corrected chi connectivity index (χ3v) is 2.16. The standard InChI is InChI=1S/C15H29NO5/c1-10(9-19-14(3,4)5)20-12(17)11(2)16-13(18)21-15(6,7)8/h10-11H,9H2,1-8H3,(H,16,18)/t10-,11-/m0/s1. The summed E-state index contributed by atoms with van der Waals surface area (Å²) in [7, 11) is 0. The van der Waals surface area contributed by atoms with Gasteiger partial charge in [-0.25, -0.2) is 9.59 Å². The van der Waals surface area contributed by atoms with Crippen LogP contribution in [0.3, 0.4) is 0 Å². The highest BCUT2D eigenvalue weighted by Gasteiger charge is 2.23.